The molecule has 0 aliphatic carbocycles. The monoisotopic (exact) mass is 258 g/mol. The first-order valence-corrected chi connectivity index (χ1v) is 6.97. The molecule has 0 unspecified atom stereocenters. The summed E-state index contributed by atoms with van der Waals surface area (Å²) in [4.78, 5) is 0. The molecule has 0 saturated carbocycles. The molecule has 20 heavy (non-hydrogen) atoms. The van der Waals surface area contributed by atoms with Gasteiger partial charge in [0.25, 0.3) is 0 Å². The van der Waals surface area contributed by atoms with Crippen molar-refractivity contribution in [2.24, 2.45) is 0 Å². The summed E-state index contributed by atoms with van der Waals surface area (Å²) >= 11 is 0. The largest absolute Gasteiger partial charge is 0.0984 e. The summed E-state index contributed by atoms with van der Waals surface area (Å²) in [6.45, 7) is 8.27. The van der Waals surface area contributed by atoms with Crippen LogP contribution in [0, 0.1) is 6.92 Å². The minimum atomic E-state index is 1.22. The Morgan fingerprint density at radius 2 is 1.55 bits per heavy atom. The second kappa shape index (κ2) is 4.97. The third-order valence-corrected chi connectivity index (χ3v) is 3.88. The highest BCUT2D eigenvalue weighted by atomic mass is 14.1. The molecule has 0 heterocycles. The maximum atomic E-state index is 4.03. The minimum absolute atomic E-state index is 1.22. The van der Waals surface area contributed by atoms with E-state index >= 15 is 0 Å². The summed E-state index contributed by atoms with van der Waals surface area (Å²) in [7, 11) is 0. The molecule has 0 spiro atoms. The second-order valence-electron chi connectivity index (χ2n) is 5.07. The summed E-state index contributed by atoms with van der Waals surface area (Å²) in [5.74, 6) is 0. The number of allylic oxidation sites excluding steroid dienone is 1. The zero-order chi connectivity index (χ0) is 14.1. The van der Waals surface area contributed by atoms with Crippen molar-refractivity contribution in [2.75, 3.05) is 0 Å². The Morgan fingerprint density at radius 1 is 0.850 bits per heavy atom. The normalized spacial score (nSPS) is 11.5. The maximum absolute atomic E-state index is 4.03. The van der Waals surface area contributed by atoms with Gasteiger partial charge in [-0.1, -0.05) is 67.3 Å². The van der Waals surface area contributed by atoms with Gasteiger partial charge in [0.1, 0.15) is 0 Å². The number of fused-ring (bicyclic) bond motifs is 3. The Morgan fingerprint density at radius 3 is 2.25 bits per heavy atom. The van der Waals surface area contributed by atoms with Gasteiger partial charge in [-0.05, 0) is 52.1 Å². The lowest BCUT2D eigenvalue weighted by Crippen LogP contribution is -1.91. The predicted molar refractivity (Wildman–Crippen MR) is 91.0 cm³/mol. The second-order valence-corrected chi connectivity index (χ2v) is 5.07. The van der Waals surface area contributed by atoms with Crippen molar-refractivity contribution >= 4 is 33.7 Å². The van der Waals surface area contributed by atoms with E-state index in [4.69, 9.17) is 0 Å². The van der Waals surface area contributed by atoms with Crippen molar-refractivity contribution in [3.63, 3.8) is 0 Å². The van der Waals surface area contributed by atoms with E-state index in [9.17, 15) is 0 Å². The third-order valence-electron chi connectivity index (χ3n) is 3.88. The van der Waals surface area contributed by atoms with Gasteiger partial charge in [0.15, 0.2) is 0 Å². The highest BCUT2D eigenvalue weighted by molar-refractivity contribution is 6.15. The van der Waals surface area contributed by atoms with Gasteiger partial charge in [0, 0.05) is 0 Å². The third kappa shape index (κ3) is 1.77. The number of aryl methyl sites for hydroxylation is 1. The minimum Gasteiger partial charge on any atom is -0.0984 e. The molecule has 0 saturated heterocycles. The van der Waals surface area contributed by atoms with Crippen molar-refractivity contribution in [1.82, 2.24) is 0 Å². The fourth-order valence-electron chi connectivity index (χ4n) is 3.04. The molecule has 0 amide bonds. The van der Waals surface area contributed by atoms with Crippen LogP contribution in [-0.4, -0.2) is 0 Å². The van der Waals surface area contributed by atoms with E-state index in [2.05, 4.69) is 75.0 Å². The van der Waals surface area contributed by atoms with E-state index in [-0.39, 0.29) is 0 Å². The van der Waals surface area contributed by atoms with Crippen LogP contribution < -0.4 is 0 Å². The maximum Gasteiger partial charge on any atom is -0.00698 e. The topological polar surface area (TPSA) is 0 Å². The van der Waals surface area contributed by atoms with Gasteiger partial charge in [-0.2, -0.15) is 0 Å². The Kier molecular flexibility index (Phi) is 3.15. The van der Waals surface area contributed by atoms with Gasteiger partial charge in [-0.3, -0.25) is 0 Å². The van der Waals surface area contributed by atoms with E-state index in [0.29, 0.717) is 0 Å². The fraction of sp³-hybridized carbons (Fsp3) is 0.100. The van der Waals surface area contributed by atoms with Gasteiger partial charge in [0.05, 0.1) is 0 Å². The predicted octanol–water partition coefficient (Wildman–Crippen LogP) is 5.98. The van der Waals surface area contributed by atoms with E-state index < -0.39 is 0 Å². The first-order chi connectivity index (χ1) is 9.77. The number of benzene rings is 3. The highest BCUT2D eigenvalue weighted by Crippen LogP contribution is 2.35. The molecular formula is C20H18. The van der Waals surface area contributed by atoms with Gasteiger partial charge < -0.3 is 0 Å². The lowest BCUT2D eigenvalue weighted by Gasteiger charge is -2.14. The molecule has 0 bridgehead atoms. The smallest absolute Gasteiger partial charge is 0.00698 e. The zero-order valence-corrected chi connectivity index (χ0v) is 12.0. The quantitative estimate of drug-likeness (QED) is 0.496. The van der Waals surface area contributed by atoms with Crippen molar-refractivity contribution < 1.29 is 0 Å². The van der Waals surface area contributed by atoms with Crippen LogP contribution in [0.2, 0.25) is 0 Å². The molecule has 0 N–H and O–H groups in total. The molecule has 0 aliphatic heterocycles. The van der Waals surface area contributed by atoms with Crippen LogP contribution in [0.4, 0.5) is 0 Å². The van der Waals surface area contributed by atoms with Crippen LogP contribution >= 0.6 is 0 Å². The molecule has 0 atom stereocenters. The lowest BCUT2D eigenvalue weighted by atomic mass is 9.89. The first-order valence-electron chi connectivity index (χ1n) is 6.97. The standard InChI is InChI=1S/C20H18/c1-4-9-18-15(5-2)16-11-6-7-12-17(16)19-13-8-10-14(3)20(18)19/h4-13H,2H2,1,3H3/b9-4-. The van der Waals surface area contributed by atoms with Gasteiger partial charge in [0.2, 0.25) is 0 Å². The molecule has 98 valence electrons. The summed E-state index contributed by atoms with van der Waals surface area (Å²) in [6, 6.07) is 15.1. The first kappa shape index (κ1) is 12.7. The lowest BCUT2D eigenvalue weighted by molar-refractivity contribution is 1.52. The molecule has 0 fully saturated rings. The molecule has 0 aromatic heterocycles. The van der Waals surface area contributed by atoms with Crippen LogP contribution in [0.15, 0.2) is 55.1 Å². The molecule has 3 aromatic rings. The van der Waals surface area contributed by atoms with Crippen molar-refractivity contribution in [1.29, 1.82) is 0 Å². The molecule has 0 heteroatoms. The highest BCUT2D eigenvalue weighted by Gasteiger charge is 2.11. The Hall–Kier alpha value is -2.34. The molecule has 0 aliphatic rings. The van der Waals surface area contributed by atoms with Crippen molar-refractivity contribution in [3.8, 4) is 0 Å². The van der Waals surface area contributed by atoms with Crippen LogP contribution in [0.5, 0.6) is 0 Å². The van der Waals surface area contributed by atoms with Crippen molar-refractivity contribution in [2.45, 2.75) is 13.8 Å². The molecule has 3 rings (SSSR count). The molecule has 0 nitrogen and oxygen atoms in total. The number of rotatable bonds is 2. The van der Waals surface area contributed by atoms with Crippen LogP contribution in [0.1, 0.15) is 23.6 Å². The van der Waals surface area contributed by atoms with Gasteiger partial charge in [-0.15, -0.1) is 0 Å². The van der Waals surface area contributed by atoms with Crippen LogP contribution in [0.25, 0.3) is 33.7 Å². The molecule has 0 radical (unpaired) electrons. The number of hydrogen-bond donors (Lipinski definition) is 0. The Bertz CT molecular complexity index is 835. The average molecular weight is 258 g/mol. The van der Waals surface area contributed by atoms with E-state index in [1.54, 1.807) is 0 Å². The van der Waals surface area contributed by atoms with Gasteiger partial charge in [-0.25, -0.2) is 0 Å². The summed E-state index contributed by atoms with van der Waals surface area (Å²) < 4.78 is 0. The van der Waals surface area contributed by atoms with E-state index in [0.717, 1.165) is 0 Å². The van der Waals surface area contributed by atoms with Gasteiger partial charge >= 0.3 is 0 Å². The fourth-order valence-corrected chi connectivity index (χ4v) is 3.04. The van der Waals surface area contributed by atoms with Crippen LogP contribution in [0.3, 0.4) is 0 Å². The summed E-state index contributed by atoms with van der Waals surface area (Å²) in [6.07, 6.45) is 6.27. The number of hydrogen-bond acceptors (Lipinski definition) is 0. The summed E-state index contributed by atoms with van der Waals surface area (Å²) in [5, 5.41) is 5.22. The Labute approximate surface area is 120 Å². The molecule has 3 aromatic carbocycles. The SMILES string of the molecule is C=Cc1c(/C=C\C)c2c(C)cccc2c2ccccc12. The van der Waals surface area contributed by atoms with Crippen LogP contribution in [-0.2, 0) is 0 Å². The van der Waals surface area contributed by atoms with Crippen molar-refractivity contribution in [3.05, 3.63) is 71.8 Å². The average Bonchev–Trinajstić information content (AvgIpc) is 2.48. The van der Waals surface area contributed by atoms with E-state index in [1.165, 1.54) is 38.2 Å². The summed E-state index contributed by atoms with van der Waals surface area (Å²) in [5.41, 5.74) is 3.80. The van der Waals surface area contributed by atoms with E-state index in [1.807, 2.05) is 6.08 Å². The Balaban J connectivity index is 2.69. The zero-order valence-electron chi connectivity index (χ0n) is 12.0. The molecular weight excluding hydrogens is 240 g/mol.